The van der Waals surface area contributed by atoms with Gasteiger partial charge in [-0.1, -0.05) is 30.4 Å². The molecule has 0 spiro atoms. The van der Waals surface area contributed by atoms with Crippen LogP contribution in [-0.2, 0) is 16.0 Å². The molecule has 0 saturated heterocycles. The second kappa shape index (κ2) is 4.18. The molecular formula is C12H12N2O2. The Kier molecular flexibility index (Phi) is 2.72. The molecule has 4 heteroatoms. The van der Waals surface area contributed by atoms with E-state index in [9.17, 15) is 9.59 Å². The molecule has 2 amide bonds. The Balaban J connectivity index is 2.23. The van der Waals surface area contributed by atoms with E-state index in [0.717, 1.165) is 16.8 Å². The molecule has 0 unspecified atom stereocenters. The van der Waals surface area contributed by atoms with Crippen molar-refractivity contribution in [1.82, 2.24) is 0 Å². The van der Waals surface area contributed by atoms with Crippen molar-refractivity contribution in [2.75, 3.05) is 5.32 Å². The first kappa shape index (κ1) is 10.4. The molecule has 16 heavy (non-hydrogen) atoms. The number of rotatable bonds is 3. The van der Waals surface area contributed by atoms with E-state index in [2.05, 4.69) is 5.32 Å². The van der Waals surface area contributed by atoms with Crippen LogP contribution in [0.3, 0.4) is 0 Å². The van der Waals surface area contributed by atoms with Gasteiger partial charge in [-0.25, -0.2) is 0 Å². The molecule has 0 saturated carbocycles. The summed E-state index contributed by atoms with van der Waals surface area (Å²) in [5.74, 6) is -0.362. The number of carbonyl (C=O) groups is 2. The van der Waals surface area contributed by atoms with Crippen LogP contribution in [0.25, 0.3) is 6.08 Å². The number of nitrogens with two attached hydrogens (primary N) is 1. The minimum absolute atomic E-state index is 0.00533. The maximum Gasteiger partial charge on any atom is 0.228 e. The van der Waals surface area contributed by atoms with Crippen molar-refractivity contribution in [1.29, 1.82) is 0 Å². The van der Waals surface area contributed by atoms with Crippen molar-refractivity contribution < 1.29 is 9.59 Å². The van der Waals surface area contributed by atoms with Gasteiger partial charge in [-0.2, -0.15) is 0 Å². The van der Waals surface area contributed by atoms with Crippen molar-refractivity contribution in [3.8, 4) is 0 Å². The molecule has 1 aromatic carbocycles. The van der Waals surface area contributed by atoms with Crippen LogP contribution >= 0.6 is 0 Å². The van der Waals surface area contributed by atoms with Crippen molar-refractivity contribution in [2.45, 2.75) is 12.8 Å². The van der Waals surface area contributed by atoms with Crippen molar-refractivity contribution in [2.24, 2.45) is 5.73 Å². The summed E-state index contributed by atoms with van der Waals surface area (Å²) in [7, 11) is 0. The molecule has 0 fully saturated rings. The molecule has 0 atom stereocenters. The number of hydrogen-bond acceptors (Lipinski definition) is 2. The molecule has 4 nitrogen and oxygen atoms in total. The van der Waals surface area contributed by atoms with E-state index in [1.54, 1.807) is 12.2 Å². The van der Waals surface area contributed by atoms with Crippen LogP contribution in [0.4, 0.5) is 5.69 Å². The Morgan fingerprint density at radius 3 is 3.06 bits per heavy atom. The molecule has 1 aliphatic rings. The lowest BCUT2D eigenvalue weighted by molar-refractivity contribution is -0.117. The van der Waals surface area contributed by atoms with E-state index in [1.165, 1.54) is 0 Å². The molecule has 1 heterocycles. The summed E-state index contributed by atoms with van der Waals surface area (Å²) in [6.07, 6.45) is 4.13. The van der Waals surface area contributed by atoms with Gasteiger partial charge in [-0.05, 0) is 11.1 Å². The zero-order valence-corrected chi connectivity index (χ0v) is 8.69. The van der Waals surface area contributed by atoms with Gasteiger partial charge in [-0.15, -0.1) is 0 Å². The highest BCUT2D eigenvalue weighted by Gasteiger charge is 2.18. The Morgan fingerprint density at radius 2 is 2.31 bits per heavy atom. The zero-order chi connectivity index (χ0) is 11.5. The summed E-state index contributed by atoms with van der Waals surface area (Å²) < 4.78 is 0. The van der Waals surface area contributed by atoms with Gasteiger partial charge >= 0.3 is 0 Å². The van der Waals surface area contributed by atoms with E-state index < -0.39 is 0 Å². The summed E-state index contributed by atoms with van der Waals surface area (Å²) in [5.41, 5.74) is 7.77. The predicted octanol–water partition coefficient (Wildman–Crippen LogP) is 1.07. The fourth-order valence-corrected chi connectivity index (χ4v) is 1.72. The molecule has 1 aliphatic heterocycles. The van der Waals surface area contributed by atoms with Crippen LogP contribution in [0.2, 0.25) is 0 Å². The Hall–Kier alpha value is -2.10. The Bertz CT molecular complexity index is 478. The van der Waals surface area contributed by atoms with Crippen molar-refractivity contribution >= 4 is 23.6 Å². The lowest BCUT2D eigenvalue weighted by Gasteiger charge is -2.02. The Labute approximate surface area is 93.1 Å². The third-order valence-electron chi connectivity index (χ3n) is 2.41. The Morgan fingerprint density at radius 1 is 1.50 bits per heavy atom. The monoisotopic (exact) mass is 216 g/mol. The van der Waals surface area contributed by atoms with Crippen LogP contribution in [-0.4, -0.2) is 11.8 Å². The number of fused-ring (bicyclic) bond motifs is 1. The zero-order valence-electron chi connectivity index (χ0n) is 8.69. The van der Waals surface area contributed by atoms with E-state index in [4.69, 9.17) is 5.73 Å². The minimum atomic E-state index is -0.368. The third kappa shape index (κ3) is 2.11. The number of carbonyl (C=O) groups excluding carboxylic acids is 2. The first-order valence-corrected chi connectivity index (χ1v) is 5.03. The molecule has 3 N–H and O–H groups in total. The number of primary amides is 1. The van der Waals surface area contributed by atoms with Crippen LogP contribution < -0.4 is 11.1 Å². The van der Waals surface area contributed by atoms with Gasteiger partial charge in [0.2, 0.25) is 11.8 Å². The average molecular weight is 216 g/mol. The molecule has 0 radical (unpaired) electrons. The number of para-hydroxylation sites is 1. The molecule has 0 bridgehead atoms. The second-order valence-electron chi connectivity index (χ2n) is 3.68. The van der Waals surface area contributed by atoms with Crippen LogP contribution in [0, 0.1) is 0 Å². The predicted molar refractivity (Wildman–Crippen MR) is 61.6 cm³/mol. The van der Waals surface area contributed by atoms with Gasteiger partial charge in [0.05, 0.1) is 12.1 Å². The first-order valence-electron chi connectivity index (χ1n) is 5.03. The molecule has 0 aromatic heterocycles. The summed E-state index contributed by atoms with van der Waals surface area (Å²) in [4.78, 5) is 21.8. The molecule has 0 aliphatic carbocycles. The quantitative estimate of drug-likeness (QED) is 0.793. The highest BCUT2D eigenvalue weighted by atomic mass is 16.2. The van der Waals surface area contributed by atoms with Gasteiger partial charge in [0.25, 0.3) is 0 Å². The van der Waals surface area contributed by atoms with Crippen LogP contribution in [0.5, 0.6) is 0 Å². The first-order chi connectivity index (χ1) is 7.66. The van der Waals surface area contributed by atoms with E-state index in [0.29, 0.717) is 6.42 Å². The molecule has 1 aromatic rings. The van der Waals surface area contributed by atoms with Gasteiger partial charge < -0.3 is 11.1 Å². The van der Waals surface area contributed by atoms with E-state index in [-0.39, 0.29) is 18.2 Å². The number of nitrogens with one attached hydrogen (secondary N) is 1. The maximum absolute atomic E-state index is 11.2. The third-order valence-corrected chi connectivity index (χ3v) is 2.41. The number of anilines is 1. The fraction of sp³-hybridized carbons (Fsp3) is 0.167. The number of benzene rings is 1. The molecule has 82 valence electrons. The standard InChI is InChI=1S/C12H12N2O2/c13-10(15)6-2-4-8-3-1-5-9-7-11(16)14-12(8)9/h1-5H,6-7H2,(H2,13,15)(H,14,16). The second-order valence-corrected chi connectivity index (χ2v) is 3.68. The van der Waals surface area contributed by atoms with Crippen molar-refractivity contribution in [3.05, 3.63) is 35.4 Å². The smallest absolute Gasteiger partial charge is 0.228 e. The van der Waals surface area contributed by atoms with Crippen LogP contribution in [0.1, 0.15) is 17.5 Å². The fourth-order valence-electron chi connectivity index (χ4n) is 1.72. The maximum atomic E-state index is 11.2. The summed E-state index contributed by atoms with van der Waals surface area (Å²) in [6, 6.07) is 5.70. The largest absolute Gasteiger partial charge is 0.369 e. The topological polar surface area (TPSA) is 72.2 Å². The van der Waals surface area contributed by atoms with Gasteiger partial charge in [0.1, 0.15) is 0 Å². The highest BCUT2D eigenvalue weighted by Crippen LogP contribution is 2.27. The van der Waals surface area contributed by atoms with Gasteiger partial charge in [0.15, 0.2) is 0 Å². The SMILES string of the molecule is NC(=O)CC=Cc1cccc2c1NC(=O)C2. The lowest BCUT2D eigenvalue weighted by atomic mass is 10.1. The molecule has 2 rings (SSSR count). The average Bonchev–Trinajstić information content (AvgIpc) is 2.58. The van der Waals surface area contributed by atoms with Crippen molar-refractivity contribution in [3.63, 3.8) is 0 Å². The van der Waals surface area contributed by atoms with Crippen LogP contribution in [0.15, 0.2) is 24.3 Å². The summed E-state index contributed by atoms with van der Waals surface area (Å²) >= 11 is 0. The summed E-state index contributed by atoms with van der Waals surface area (Å²) in [5, 5.41) is 2.80. The number of hydrogen-bond donors (Lipinski definition) is 2. The highest BCUT2D eigenvalue weighted by molar-refractivity contribution is 6.01. The van der Waals surface area contributed by atoms with E-state index >= 15 is 0 Å². The number of amides is 2. The van der Waals surface area contributed by atoms with E-state index in [1.807, 2.05) is 18.2 Å². The normalized spacial score (nSPS) is 13.9. The summed E-state index contributed by atoms with van der Waals surface area (Å²) in [6.45, 7) is 0. The minimum Gasteiger partial charge on any atom is -0.369 e. The lowest BCUT2D eigenvalue weighted by Crippen LogP contribution is -2.08. The van der Waals surface area contributed by atoms with Gasteiger partial charge in [0, 0.05) is 6.42 Å². The molecular weight excluding hydrogens is 204 g/mol. The van der Waals surface area contributed by atoms with Gasteiger partial charge in [-0.3, -0.25) is 9.59 Å².